The Balaban J connectivity index is 1.83. The van der Waals surface area contributed by atoms with Crippen molar-refractivity contribution in [1.29, 1.82) is 0 Å². The van der Waals surface area contributed by atoms with Gasteiger partial charge in [-0.25, -0.2) is 0 Å². The first kappa shape index (κ1) is 16.6. The van der Waals surface area contributed by atoms with Crippen LogP contribution in [0, 0.1) is 5.92 Å². The van der Waals surface area contributed by atoms with E-state index in [4.69, 9.17) is 10.5 Å². The predicted molar refractivity (Wildman–Crippen MR) is 89.0 cm³/mol. The van der Waals surface area contributed by atoms with Crippen LogP contribution in [0.25, 0.3) is 0 Å². The van der Waals surface area contributed by atoms with Gasteiger partial charge in [0.1, 0.15) is 5.75 Å². The molecule has 1 atom stereocenters. The molecule has 122 valence electrons. The van der Waals surface area contributed by atoms with E-state index in [1.165, 1.54) is 32.1 Å². The van der Waals surface area contributed by atoms with Crippen LogP contribution in [0.15, 0.2) is 24.3 Å². The molecule has 0 saturated heterocycles. The highest BCUT2D eigenvalue weighted by Gasteiger charge is 2.23. The second-order valence-corrected chi connectivity index (χ2v) is 5.86. The lowest BCUT2D eigenvalue weighted by Crippen LogP contribution is -2.47. The quantitative estimate of drug-likeness (QED) is 0.721. The third kappa shape index (κ3) is 4.63. The summed E-state index contributed by atoms with van der Waals surface area (Å²) in [6, 6.07) is 7.66. The summed E-state index contributed by atoms with van der Waals surface area (Å²) in [7, 11) is 1.62. The highest BCUT2D eigenvalue weighted by Crippen LogP contribution is 2.26. The number of para-hydroxylation sites is 2. The van der Waals surface area contributed by atoms with Gasteiger partial charge in [0.2, 0.25) is 5.91 Å². The van der Waals surface area contributed by atoms with Crippen molar-refractivity contribution in [3.05, 3.63) is 24.3 Å². The lowest BCUT2D eigenvalue weighted by molar-refractivity contribution is -0.120. The normalized spacial score (nSPS) is 16.8. The molecule has 22 heavy (non-hydrogen) atoms. The summed E-state index contributed by atoms with van der Waals surface area (Å²) >= 11 is 0. The van der Waals surface area contributed by atoms with Gasteiger partial charge >= 0.3 is 0 Å². The number of hydrogen-bond acceptors (Lipinski definition) is 4. The van der Waals surface area contributed by atoms with Gasteiger partial charge in [0.25, 0.3) is 0 Å². The summed E-state index contributed by atoms with van der Waals surface area (Å²) < 4.78 is 5.26. The molecule has 1 aliphatic carbocycles. The number of methoxy groups -OCH3 is 1. The second kappa shape index (κ2) is 8.63. The van der Waals surface area contributed by atoms with Crippen LogP contribution in [0.1, 0.15) is 32.1 Å². The van der Waals surface area contributed by atoms with Gasteiger partial charge in [0.05, 0.1) is 19.3 Å². The SMILES string of the molecule is COc1ccccc1NCC(=O)NC(CN)C1CCCCC1. The Morgan fingerprint density at radius 1 is 1.32 bits per heavy atom. The van der Waals surface area contributed by atoms with Crippen LogP contribution in [0.3, 0.4) is 0 Å². The van der Waals surface area contributed by atoms with Crippen molar-refractivity contribution in [2.45, 2.75) is 38.1 Å². The first-order valence-corrected chi connectivity index (χ1v) is 8.11. The minimum absolute atomic E-state index is 0.0214. The van der Waals surface area contributed by atoms with Gasteiger partial charge in [-0.3, -0.25) is 4.79 Å². The summed E-state index contributed by atoms with van der Waals surface area (Å²) in [4.78, 5) is 12.2. The molecule has 0 radical (unpaired) electrons. The van der Waals surface area contributed by atoms with Gasteiger partial charge in [0, 0.05) is 12.6 Å². The van der Waals surface area contributed by atoms with E-state index in [-0.39, 0.29) is 18.5 Å². The number of hydrogen-bond donors (Lipinski definition) is 3. The van der Waals surface area contributed by atoms with E-state index >= 15 is 0 Å². The van der Waals surface area contributed by atoms with Gasteiger partial charge in [-0.1, -0.05) is 31.4 Å². The maximum atomic E-state index is 12.2. The predicted octanol–water partition coefficient (Wildman–Crippen LogP) is 2.13. The molecule has 0 bridgehead atoms. The van der Waals surface area contributed by atoms with Gasteiger partial charge < -0.3 is 21.1 Å². The zero-order valence-corrected chi connectivity index (χ0v) is 13.3. The van der Waals surface area contributed by atoms with E-state index in [0.717, 1.165) is 11.4 Å². The molecule has 0 aliphatic heterocycles. The fraction of sp³-hybridized carbons (Fsp3) is 0.588. The number of carbonyl (C=O) groups is 1. The summed E-state index contributed by atoms with van der Waals surface area (Å²) in [5.74, 6) is 1.24. The Morgan fingerprint density at radius 3 is 2.73 bits per heavy atom. The van der Waals surface area contributed by atoms with Crippen LogP contribution in [-0.2, 0) is 4.79 Å². The van der Waals surface area contributed by atoms with E-state index in [1.54, 1.807) is 7.11 Å². The number of ether oxygens (including phenoxy) is 1. The minimum Gasteiger partial charge on any atom is -0.495 e. The zero-order valence-electron chi connectivity index (χ0n) is 13.3. The summed E-state index contributed by atoms with van der Waals surface area (Å²) in [5, 5.41) is 6.20. The van der Waals surface area contributed by atoms with Gasteiger partial charge in [-0.15, -0.1) is 0 Å². The summed E-state index contributed by atoms with van der Waals surface area (Å²) in [5.41, 5.74) is 6.67. The second-order valence-electron chi connectivity index (χ2n) is 5.86. The molecule has 0 spiro atoms. The number of nitrogens with one attached hydrogen (secondary N) is 2. The van der Waals surface area contributed by atoms with E-state index in [1.807, 2.05) is 24.3 Å². The number of carbonyl (C=O) groups excluding carboxylic acids is 1. The number of rotatable bonds is 7. The van der Waals surface area contributed by atoms with Gasteiger partial charge in [-0.2, -0.15) is 0 Å². The molecule has 1 aliphatic rings. The largest absolute Gasteiger partial charge is 0.495 e. The number of amides is 1. The van der Waals surface area contributed by atoms with E-state index in [2.05, 4.69) is 10.6 Å². The lowest BCUT2D eigenvalue weighted by Gasteiger charge is -2.30. The lowest BCUT2D eigenvalue weighted by atomic mass is 9.84. The molecule has 0 heterocycles. The van der Waals surface area contributed by atoms with Crippen molar-refractivity contribution in [3.8, 4) is 5.75 Å². The first-order chi connectivity index (χ1) is 10.7. The van der Waals surface area contributed by atoms with E-state index in [0.29, 0.717) is 12.5 Å². The third-order valence-corrected chi connectivity index (χ3v) is 4.37. The number of benzene rings is 1. The Kier molecular flexibility index (Phi) is 6.52. The zero-order chi connectivity index (χ0) is 15.8. The van der Waals surface area contributed by atoms with Crippen LogP contribution in [0.5, 0.6) is 5.75 Å². The Labute approximate surface area is 132 Å². The topological polar surface area (TPSA) is 76.4 Å². The standard InChI is InChI=1S/C17H27N3O2/c1-22-16-10-6-5-9-14(16)19-12-17(21)20-15(11-18)13-7-3-2-4-8-13/h5-6,9-10,13,15,19H,2-4,7-8,11-12,18H2,1H3,(H,20,21). The smallest absolute Gasteiger partial charge is 0.239 e. The van der Waals surface area contributed by atoms with E-state index in [9.17, 15) is 4.79 Å². The van der Waals surface area contributed by atoms with E-state index < -0.39 is 0 Å². The first-order valence-electron chi connectivity index (χ1n) is 8.11. The molecule has 1 fully saturated rings. The van der Waals surface area contributed by atoms with Gasteiger partial charge in [0.15, 0.2) is 0 Å². The van der Waals surface area contributed by atoms with Gasteiger partial charge in [-0.05, 0) is 30.9 Å². The van der Waals surface area contributed by atoms with Crippen LogP contribution in [-0.4, -0.2) is 32.1 Å². The van der Waals surface area contributed by atoms with Crippen molar-refractivity contribution in [1.82, 2.24) is 5.32 Å². The fourth-order valence-corrected chi connectivity index (χ4v) is 3.13. The third-order valence-electron chi connectivity index (χ3n) is 4.37. The number of anilines is 1. The maximum Gasteiger partial charge on any atom is 0.239 e. The van der Waals surface area contributed by atoms with Crippen LogP contribution < -0.4 is 21.1 Å². The average Bonchev–Trinajstić information content (AvgIpc) is 2.58. The van der Waals surface area contributed by atoms with Crippen LogP contribution in [0.4, 0.5) is 5.69 Å². The Morgan fingerprint density at radius 2 is 2.05 bits per heavy atom. The Hall–Kier alpha value is -1.75. The van der Waals surface area contributed by atoms with Crippen LogP contribution >= 0.6 is 0 Å². The molecule has 1 aromatic carbocycles. The molecule has 1 amide bonds. The fourth-order valence-electron chi connectivity index (χ4n) is 3.13. The highest BCUT2D eigenvalue weighted by atomic mass is 16.5. The summed E-state index contributed by atoms with van der Waals surface area (Å²) in [6.45, 7) is 0.731. The van der Waals surface area contributed by atoms with Crippen LogP contribution in [0.2, 0.25) is 0 Å². The molecule has 4 N–H and O–H groups in total. The van der Waals surface area contributed by atoms with Crippen molar-refractivity contribution < 1.29 is 9.53 Å². The van der Waals surface area contributed by atoms with Crippen molar-refractivity contribution >= 4 is 11.6 Å². The molecule has 0 aromatic heterocycles. The number of nitrogens with two attached hydrogens (primary N) is 1. The maximum absolute atomic E-state index is 12.2. The molecule has 1 unspecified atom stereocenters. The highest BCUT2D eigenvalue weighted by molar-refractivity contribution is 5.81. The van der Waals surface area contributed by atoms with Crippen molar-refractivity contribution in [3.63, 3.8) is 0 Å². The summed E-state index contributed by atoms with van der Waals surface area (Å²) in [6.07, 6.45) is 6.13. The molecular weight excluding hydrogens is 278 g/mol. The van der Waals surface area contributed by atoms with Crippen molar-refractivity contribution in [2.75, 3.05) is 25.5 Å². The molecule has 5 heteroatoms. The average molecular weight is 305 g/mol. The van der Waals surface area contributed by atoms with Crippen molar-refractivity contribution in [2.24, 2.45) is 11.7 Å². The molecule has 1 aromatic rings. The monoisotopic (exact) mass is 305 g/mol. The Bertz CT molecular complexity index is 473. The minimum atomic E-state index is -0.0214. The molecule has 1 saturated carbocycles. The molecule has 2 rings (SSSR count). The molecule has 5 nitrogen and oxygen atoms in total. The molecular formula is C17H27N3O2.